The van der Waals surface area contributed by atoms with Crippen molar-refractivity contribution in [1.29, 1.82) is 0 Å². The van der Waals surface area contributed by atoms with Gasteiger partial charge < -0.3 is 20.7 Å². The highest BCUT2D eigenvalue weighted by Crippen LogP contribution is 2.17. The fourth-order valence-electron chi connectivity index (χ4n) is 2.75. The van der Waals surface area contributed by atoms with Crippen LogP contribution in [0.2, 0.25) is 0 Å². The van der Waals surface area contributed by atoms with Gasteiger partial charge in [-0.3, -0.25) is 9.59 Å². The standard InChI is InChI=1S/C23H23N3O3/c1-16-5-3-6-17(13-16)23(28)26-19-11-9-18(10-12-19)24-15-22(27)25-20-7-4-8-21(14-20)29-2/h3-14,24H,15H2,1-2H3,(H,25,27)(H,26,28). The first-order valence-corrected chi connectivity index (χ1v) is 9.19. The molecule has 6 heteroatoms. The molecule has 29 heavy (non-hydrogen) atoms. The zero-order valence-corrected chi connectivity index (χ0v) is 16.4. The van der Waals surface area contributed by atoms with E-state index in [0.717, 1.165) is 11.3 Å². The molecule has 0 spiro atoms. The quantitative estimate of drug-likeness (QED) is 0.563. The van der Waals surface area contributed by atoms with E-state index in [2.05, 4.69) is 16.0 Å². The Labute approximate surface area is 169 Å². The van der Waals surface area contributed by atoms with Crippen LogP contribution in [0, 0.1) is 6.92 Å². The topological polar surface area (TPSA) is 79.5 Å². The van der Waals surface area contributed by atoms with Crippen molar-refractivity contribution in [3.8, 4) is 5.75 Å². The highest BCUT2D eigenvalue weighted by atomic mass is 16.5. The van der Waals surface area contributed by atoms with Gasteiger partial charge in [0.25, 0.3) is 5.91 Å². The van der Waals surface area contributed by atoms with E-state index in [1.54, 1.807) is 37.4 Å². The van der Waals surface area contributed by atoms with E-state index < -0.39 is 0 Å². The van der Waals surface area contributed by atoms with Gasteiger partial charge in [-0.1, -0.05) is 23.8 Å². The molecule has 3 N–H and O–H groups in total. The molecule has 2 amide bonds. The van der Waals surface area contributed by atoms with Gasteiger partial charge in [0.1, 0.15) is 5.75 Å². The maximum Gasteiger partial charge on any atom is 0.255 e. The summed E-state index contributed by atoms with van der Waals surface area (Å²) in [6, 6.07) is 21.8. The van der Waals surface area contributed by atoms with Gasteiger partial charge in [-0.25, -0.2) is 0 Å². The van der Waals surface area contributed by atoms with Crippen LogP contribution < -0.4 is 20.7 Å². The first-order valence-electron chi connectivity index (χ1n) is 9.19. The van der Waals surface area contributed by atoms with E-state index in [0.29, 0.717) is 22.7 Å². The second-order valence-electron chi connectivity index (χ2n) is 6.53. The molecule has 0 radical (unpaired) electrons. The van der Waals surface area contributed by atoms with Crippen molar-refractivity contribution in [2.75, 3.05) is 29.6 Å². The first kappa shape index (κ1) is 19.9. The molecule has 0 aromatic heterocycles. The minimum atomic E-state index is -0.171. The number of benzene rings is 3. The predicted octanol–water partition coefficient (Wildman–Crippen LogP) is 4.31. The van der Waals surface area contributed by atoms with Gasteiger partial charge in [0.15, 0.2) is 0 Å². The molecular weight excluding hydrogens is 366 g/mol. The summed E-state index contributed by atoms with van der Waals surface area (Å²) in [7, 11) is 1.58. The molecule has 0 bridgehead atoms. The number of ether oxygens (including phenoxy) is 1. The Balaban J connectivity index is 1.51. The smallest absolute Gasteiger partial charge is 0.255 e. The molecule has 0 fully saturated rings. The van der Waals surface area contributed by atoms with Gasteiger partial charge >= 0.3 is 0 Å². The lowest BCUT2D eigenvalue weighted by molar-refractivity contribution is -0.114. The fraction of sp³-hybridized carbons (Fsp3) is 0.130. The minimum absolute atomic E-state index is 0.117. The summed E-state index contributed by atoms with van der Waals surface area (Å²) in [5.41, 5.74) is 3.78. The molecule has 3 aromatic rings. The Hall–Kier alpha value is -3.80. The highest BCUT2D eigenvalue weighted by molar-refractivity contribution is 6.04. The van der Waals surface area contributed by atoms with Crippen molar-refractivity contribution >= 4 is 28.9 Å². The summed E-state index contributed by atoms with van der Waals surface area (Å²) in [5.74, 6) is 0.348. The van der Waals surface area contributed by atoms with E-state index in [1.165, 1.54) is 0 Å². The number of carbonyl (C=O) groups is 2. The number of amides is 2. The lowest BCUT2D eigenvalue weighted by Crippen LogP contribution is -2.21. The SMILES string of the molecule is COc1cccc(NC(=O)CNc2ccc(NC(=O)c3cccc(C)c3)cc2)c1. The number of nitrogens with one attached hydrogen (secondary N) is 3. The van der Waals surface area contributed by atoms with Gasteiger partial charge in [-0.15, -0.1) is 0 Å². The molecule has 0 saturated carbocycles. The van der Waals surface area contributed by atoms with Crippen LogP contribution in [0.15, 0.2) is 72.8 Å². The zero-order chi connectivity index (χ0) is 20.6. The molecule has 0 aliphatic carbocycles. The summed E-state index contributed by atoms with van der Waals surface area (Å²) in [6.45, 7) is 2.06. The van der Waals surface area contributed by atoms with Gasteiger partial charge in [-0.05, 0) is 55.5 Å². The molecule has 0 aliphatic heterocycles. The molecule has 0 unspecified atom stereocenters. The van der Waals surface area contributed by atoms with E-state index in [4.69, 9.17) is 4.74 Å². The third-order valence-electron chi connectivity index (χ3n) is 4.23. The van der Waals surface area contributed by atoms with Crippen LogP contribution in [0.3, 0.4) is 0 Å². The number of aryl methyl sites for hydroxylation is 1. The number of anilines is 3. The average Bonchev–Trinajstić information content (AvgIpc) is 2.73. The normalized spacial score (nSPS) is 10.1. The molecule has 0 atom stereocenters. The summed E-state index contributed by atoms with van der Waals surface area (Å²) in [6.07, 6.45) is 0. The highest BCUT2D eigenvalue weighted by Gasteiger charge is 2.07. The monoisotopic (exact) mass is 389 g/mol. The Kier molecular flexibility index (Phi) is 6.47. The summed E-state index contributed by atoms with van der Waals surface area (Å²) in [4.78, 5) is 24.4. The van der Waals surface area contributed by atoms with E-state index in [1.807, 2.05) is 49.4 Å². The summed E-state index contributed by atoms with van der Waals surface area (Å²) >= 11 is 0. The molecule has 0 saturated heterocycles. The Bertz CT molecular complexity index is 1000. The largest absolute Gasteiger partial charge is 0.497 e. The Morgan fingerprint density at radius 3 is 2.28 bits per heavy atom. The Morgan fingerprint density at radius 2 is 1.55 bits per heavy atom. The maximum absolute atomic E-state index is 12.3. The van der Waals surface area contributed by atoms with Crippen LogP contribution in [0.5, 0.6) is 5.75 Å². The molecule has 0 aliphatic rings. The summed E-state index contributed by atoms with van der Waals surface area (Å²) < 4.78 is 5.14. The van der Waals surface area contributed by atoms with E-state index >= 15 is 0 Å². The third-order valence-corrected chi connectivity index (χ3v) is 4.23. The number of rotatable bonds is 7. The molecule has 6 nitrogen and oxygen atoms in total. The van der Waals surface area contributed by atoms with Gasteiger partial charge in [0, 0.05) is 28.7 Å². The van der Waals surface area contributed by atoms with Crippen molar-refractivity contribution < 1.29 is 14.3 Å². The third kappa shape index (κ3) is 5.84. The molecular formula is C23H23N3O3. The van der Waals surface area contributed by atoms with Crippen molar-refractivity contribution in [3.05, 3.63) is 83.9 Å². The lowest BCUT2D eigenvalue weighted by Gasteiger charge is -2.10. The van der Waals surface area contributed by atoms with Crippen LogP contribution in [0.1, 0.15) is 15.9 Å². The van der Waals surface area contributed by atoms with Gasteiger partial charge in [-0.2, -0.15) is 0 Å². The lowest BCUT2D eigenvalue weighted by atomic mass is 10.1. The summed E-state index contributed by atoms with van der Waals surface area (Å²) in [5, 5.41) is 8.73. The average molecular weight is 389 g/mol. The van der Waals surface area contributed by atoms with Crippen molar-refractivity contribution in [2.45, 2.75) is 6.92 Å². The van der Waals surface area contributed by atoms with E-state index in [9.17, 15) is 9.59 Å². The van der Waals surface area contributed by atoms with Gasteiger partial charge in [0.05, 0.1) is 13.7 Å². The maximum atomic E-state index is 12.3. The number of hydrogen-bond acceptors (Lipinski definition) is 4. The number of methoxy groups -OCH3 is 1. The van der Waals surface area contributed by atoms with E-state index in [-0.39, 0.29) is 18.4 Å². The second kappa shape index (κ2) is 9.41. The van der Waals surface area contributed by atoms with Crippen LogP contribution >= 0.6 is 0 Å². The Morgan fingerprint density at radius 1 is 0.828 bits per heavy atom. The van der Waals surface area contributed by atoms with Crippen molar-refractivity contribution in [2.24, 2.45) is 0 Å². The minimum Gasteiger partial charge on any atom is -0.497 e. The molecule has 148 valence electrons. The first-order chi connectivity index (χ1) is 14.0. The molecule has 0 heterocycles. The van der Waals surface area contributed by atoms with Crippen LogP contribution in [0.4, 0.5) is 17.1 Å². The van der Waals surface area contributed by atoms with Crippen LogP contribution in [-0.4, -0.2) is 25.5 Å². The van der Waals surface area contributed by atoms with Crippen LogP contribution in [0.25, 0.3) is 0 Å². The fourth-order valence-corrected chi connectivity index (χ4v) is 2.75. The predicted molar refractivity (Wildman–Crippen MR) is 116 cm³/mol. The molecule has 3 aromatic carbocycles. The number of hydrogen-bond donors (Lipinski definition) is 3. The zero-order valence-electron chi connectivity index (χ0n) is 16.4. The van der Waals surface area contributed by atoms with Crippen molar-refractivity contribution in [1.82, 2.24) is 0 Å². The van der Waals surface area contributed by atoms with Crippen LogP contribution in [-0.2, 0) is 4.79 Å². The second-order valence-corrected chi connectivity index (χ2v) is 6.53. The van der Waals surface area contributed by atoms with Gasteiger partial charge in [0.2, 0.25) is 5.91 Å². The molecule has 3 rings (SSSR count). The number of carbonyl (C=O) groups excluding carboxylic acids is 2. The van der Waals surface area contributed by atoms with Crippen molar-refractivity contribution in [3.63, 3.8) is 0 Å².